The summed E-state index contributed by atoms with van der Waals surface area (Å²) < 4.78 is 2.94. The fourth-order valence-electron chi connectivity index (χ4n) is 3.45. The first kappa shape index (κ1) is 16.1. The van der Waals surface area contributed by atoms with Gasteiger partial charge in [-0.15, -0.1) is 0 Å². The Morgan fingerprint density at radius 1 is 0.963 bits per heavy atom. The van der Waals surface area contributed by atoms with Crippen LogP contribution in [-0.4, -0.2) is 19.6 Å². The minimum Gasteiger partial charge on any atom is -0.256 e. The minimum absolute atomic E-state index is 0.869. The molecule has 4 aromatic heterocycles. The van der Waals surface area contributed by atoms with Gasteiger partial charge in [-0.05, 0) is 61.0 Å². The smallest absolute Gasteiger partial charge is 0.120 e. The third kappa shape index (κ3) is 2.71. The molecule has 0 atom stereocenters. The molecule has 0 spiro atoms. The van der Waals surface area contributed by atoms with E-state index in [1.807, 2.05) is 66.3 Å². The molecule has 0 radical (unpaired) electrons. The van der Waals surface area contributed by atoms with Gasteiger partial charge in [-0.1, -0.05) is 28.1 Å². The lowest BCUT2D eigenvalue weighted by molar-refractivity contribution is 0.961. The van der Waals surface area contributed by atoms with E-state index in [2.05, 4.69) is 39.1 Å². The number of pyridine rings is 3. The zero-order valence-electron chi connectivity index (χ0n) is 14.6. The maximum Gasteiger partial charge on any atom is 0.120 e. The number of hydrogen-bond donors (Lipinski definition) is 0. The van der Waals surface area contributed by atoms with Crippen molar-refractivity contribution in [2.75, 3.05) is 0 Å². The Balaban J connectivity index is 1.91. The molecule has 27 heavy (non-hydrogen) atoms. The largest absolute Gasteiger partial charge is 0.256 e. The second-order valence-electron chi connectivity index (χ2n) is 6.44. The molecule has 1 aromatic carbocycles. The van der Waals surface area contributed by atoms with Gasteiger partial charge in [0.1, 0.15) is 5.69 Å². The molecule has 0 fully saturated rings. The fourth-order valence-corrected chi connectivity index (χ4v) is 3.82. The highest BCUT2D eigenvalue weighted by atomic mass is 79.9. The Hall–Kier alpha value is -3.05. The summed E-state index contributed by atoms with van der Waals surface area (Å²) in [5, 5.41) is 5.93. The predicted molar refractivity (Wildman–Crippen MR) is 112 cm³/mol. The highest BCUT2D eigenvalue weighted by Crippen LogP contribution is 2.38. The first-order valence-corrected chi connectivity index (χ1v) is 9.46. The van der Waals surface area contributed by atoms with Crippen molar-refractivity contribution in [2.45, 2.75) is 6.92 Å². The van der Waals surface area contributed by atoms with Gasteiger partial charge >= 0.3 is 0 Å². The number of halogens is 1. The summed E-state index contributed by atoms with van der Waals surface area (Å²) in [4.78, 5) is 9.25. The maximum atomic E-state index is 4.85. The Kier molecular flexibility index (Phi) is 3.76. The van der Waals surface area contributed by atoms with Crippen LogP contribution in [0.5, 0.6) is 0 Å². The Morgan fingerprint density at radius 2 is 1.89 bits per heavy atom. The van der Waals surface area contributed by atoms with E-state index in [-0.39, 0.29) is 0 Å². The third-order valence-corrected chi connectivity index (χ3v) is 5.14. The lowest BCUT2D eigenvalue weighted by Crippen LogP contribution is -1.90. The quantitative estimate of drug-likeness (QED) is 0.373. The van der Waals surface area contributed by atoms with Crippen molar-refractivity contribution in [1.29, 1.82) is 0 Å². The first-order chi connectivity index (χ1) is 13.2. The van der Waals surface area contributed by atoms with Crippen LogP contribution in [-0.2, 0) is 0 Å². The average Bonchev–Trinajstić information content (AvgIpc) is 3.07. The predicted octanol–water partition coefficient (Wildman–Crippen LogP) is 5.68. The molecule has 0 aliphatic carbocycles. The van der Waals surface area contributed by atoms with E-state index >= 15 is 0 Å². The summed E-state index contributed by atoms with van der Waals surface area (Å²) in [6.07, 6.45) is 3.82. The van der Waals surface area contributed by atoms with Crippen LogP contribution in [0.25, 0.3) is 38.9 Å². The highest BCUT2D eigenvalue weighted by molar-refractivity contribution is 9.10. The van der Waals surface area contributed by atoms with E-state index < -0.39 is 0 Å². The third-order valence-electron chi connectivity index (χ3n) is 4.64. The fraction of sp³-hybridized carbons (Fsp3) is 0.0455. The van der Waals surface area contributed by atoms with E-state index in [4.69, 9.17) is 10.1 Å². The Labute approximate surface area is 164 Å². The van der Waals surface area contributed by atoms with E-state index in [0.717, 1.165) is 49.1 Å². The van der Waals surface area contributed by atoms with Gasteiger partial charge in [0.25, 0.3) is 0 Å². The van der Waals surface area contributed by atoms with Crippen LogP contribution in [0.3, 0.4) is 0 Å². The van der Waals surface area contributed by atoms with Crippen molar-refractivity contribution in [1.82, 2.24) is 19.6 Å². The average molecular weight is 415 g/mol. The maximum absolute atomic E-state index is 4.85. The molecule has 0 bridgehead atoms. The number of nitrogens with zero attached hydrogens (tertiary/aromatic N) is 4. The molecule has 0 aliphatic rings. The van der Waals surface area contributed by atoms with Gasteiger partial charge in [0, 0.05) is 33.5 Å². The van der Waals surface area contributed by atoms with E-state index in [1.54, 1.807) is 0 Å². The topological polar surface area (TPSA) is 43.1 Å². The zero-order chi connectivity index (χ0) is 18.4. The Morgan fingerprint density at radius 3 is 2.78 bits per heavy atom. The van der Waals surface area contributed by atoms with Gasteiger partial charge in [-0.3, -0.25) is 9.97 Å². The molecule has 0 amide bonds. The van der Waals surface area contributed by atoms with Gasteiger partial charge in [0.2, 0.25) is 0 Å². The molecule has 4 nitrogen and oxygen atoms in total. The summed E-state index contributed by atoms with van der Waals surface area (Å²) in [6.45, 7) is 2.00. The summed E-state index contributed by atoms with van der Waals surface area (Å²) in [5.41, 5.74) is 6.88. The SMILES string of the molecule is Cc1cccc(-c2nn3ccccc3c2-c2ccnc3ccc(Br)cc23)n1. The lowest BCUT2D eigenvalue weighted by Gasteiger charge is -2.08. The van der Waals surface area contributed by atoms with Gasteiger partial charge in [-0.2, -0.15) is 5.10 Å². The van der Waals surface area contributed by atoms with E-state index in [0.29, 0.717) is 0 Å². The van der Waals surface area contributed by atoms with E-state index in [1.165, 1.54) is 0 Å². The Bertz CT molecular complexity index is 1310. The zero-order valence-corrected chi connectivity index (χ0v) is 16.2. The molecule has 130 valence electrons. The number of fused-ring (bicyclic) bond motifs is 2. The summed E-state index contributed by atoms with van der Waals surface area (Å²) in [7, 11) is 0. The van der Waals surface area contributed by atoms with Crippen LogP contribution in [0.1, 0.15) is 5.69 Å². The molecule has 0 saturated heterocycles. The molecule has 5 rings (SSSR count). The number of aromatic nitrogens is 4. The van der Waals surface area contributed by atoms with Crippen molar-refractivity contribution >= 4 is 32.3 Å². The summed E-state index contributed by atoms with van der Waals surface area (Å²) in [6, 6.07) is 20.3. The van der Waals surface area contributed by atoms with Crippen molar-refractivity contribution < 1.29 is 0 Å². The van der Waals surface area contributed by atoms with Crippen molar-refractivity contribution in [3.8, 4) is 22.5 Å². The number of aryl methyl sites for hydroxylation is 1. The van der Waals surface area contributed by atoms with Crippen LogP contribution in [0.4, 0.5) is 0 Å². The normalized spacial score (nSPS) is 11.3. The van der Waals surface area contributed by atoms with Crippen LogP contribution in [0.2, 0.25) is 0 Å². The molecule has 0 N–H and O–H groups in total. The van der Waals surface area contributed by atoms with E-state index in [9.17, 15) is 0 Å². The number of hydrogen-bond acceptors (Lipinski definition) is 3. The van der Waals surface area contributed by atoms with Crippen LogP contribution >= 0.6 is 15.9 Å². The second kappa shape index (κ2) is 6.28. The van der Waals surface area contributed by atoms with Crippen LogP contribution < -0.4 is 0 Å². The van der Waals surface area contributed by atoms with Gasteiger partial charge in [-0.25, -0.2) is 4.52 Å². The molecule has 0 aliphatic heterocycles. The lowest BCUT2D eigenvalue weighted by atomic mass is 9.98. The molecule has 0 saturated carbocycles. The first-order valence-electron chi connectivity index (χ1n) is 8.67. The van der Waals surface area contributed by atoms with Crippen LogP contribution in [0, 0.1) is 6.92 Å². The monoisotopic (exact) mass is 414 g/mol. The summed E-state index contributed by atoms with van der Waals surface area (Å²) >= 11 is 3.59. The molecule has 5 heteroatoms. The minimum atomic E-state index is 0.869. The summed E-state index contributed by atoms with van der Waals surface area (Å²) in [5.74, 6) is 0. The highest BCUT2D eigenvalue weighted by Gasteiger charge is 2.19. The molecular formula is C22H15BrN4. The molecule has 0 unspecified atom stereocenters. The number of rotatable bonds is 2. The van der Waals surface area contributed by atoms with Gasteiger partial charge in [0.05, 0.1) is 16.7 Å². The second-order valence-corrected chi connectivity index (χ2v) is 7.35. The van der Waals surface area contributed by atoms with Crippen LogP contribution in [0.15, 0.2) is 77.5 Å². The standard InChI is InChI=1S/C22H15BrN4/c1-14-5-4-6-19(25-14)22-21(20-7-2-3-12-27(20)26-22)16-10-11-24-18-9-8-15(23)13-17(16)18/h2-13H,1H3. The van der Waals surface area contributed by atoms with Crippen molar-refractivity contribution in [3.05, 3.63) is 83.2 Å². The van der Waals surface area contributed by atoms with Gasteiger partial charge < -0.3 is 0 Å². The van der Waals surface area contributed by atoms with Crippen molar-refractivity contribution in [3.63, 3.8) is 0 Å². The molecule has 5 aromatic rings. The molecular weight excluding hydrogens is 400 g/mol. The van der Waals surface area contributed by atoms with Crippen molar-refractivity contribution in [2.24, 2.45) is 0 Å². The molecule has 4 heterocycles. The van der Waals surface area contributed by atoms with Gasteiger partial charge in [0.15, 0.2) is 0 Å². The number of benzene rings is 1.